The van der Waals surface area contributed by atoms with Crippen molar-refractivity contribution in [2.75, 3.05) is 45.1 Å². The molecule has 1 saturated heterocycles. The maximum absolute atomic E-state index is 6.08. The minimum atomic E-state index is 0.578. The minimum absolute atomic E-state index is 0.578. The first-order valence-corrected chi connectivity index (χ1v) is 7.58. The lowest BCUT2D eigenvalue weighted by Crippen LogP contribution is -2.49. The molecule has 1 aliphatic heterocycles. The van der Waals surface area contributed by atoms with Gasteiger partial charge < -0.3 is 10.5 Å². The smallest absolute Gasteiger partial charge is 0.138 e. The maximum Gasteiger partial charge on any atom is 0.138 e. The zero-order valence-electron chi connectivity index (χ0n) is 12.3. The van der Waals surface area contributed by atoms with Crippen LogP contribution in [0.4, 0.5) is 5.69 Å². The first-order valence-electron chi connectivity index (χ1n) is 7.20. The fourth-order valence-electron chi connectivity index (χ4n) is 2.42. The van der Waals surface area contributed by atoms with Gasteiger partial charge in [-0.05, 0) is 32.0 Å². The molecule has 2 N–H and O–H groups in total. The van der Waals surface area contributed by atoms with Crippen molar-refractivity contribution in [3.8, 4) is 5.75 Å². The topological polar surface area (TPSA) is 41.7 Å². The number of halogens is 1. The van der Waals surface area contributed by atoms with Gasteiger partial charge >= 0.3 is 0 Å². The molecule has 2 rings (SSSR count). The fraction of sp³-hybridized carbons (Fsp3) is 0.600. The van der Waals surface area contributed by atoms with E-state index in [1.807, 2.05) is 12.1 Å². The number of anilines is 1. The molecule has 1 aromatic carbocycles. The van der Waals surface area contributed by atoms with Crippen LogP contribution in [0.25, 0.3) is 0 Å². The van der Waals surface area contributed by atoms with E-state index in [4.69, 9.17) is 22.1 Å². The molecule has 4 nitrogen and oxygen atoms in total. The summed E-state index contributed by atoms with van der Waals surface area (Å²) in [4.78, 5) is 4.94. The highest BCUT2D eigenvalue weighted by Crippen LogP contribution is 2.26. The Morgan fingerprint density at radius 1 is 1.25 bits per heavy atom. The van der Waals surface area contributed by atoms with Crippen molar-refractivity contribution < 1.29 is 4.74 Å². The van der Waals surface area contributed by atoms with Gasteiger partial charge in [-0.1, -0.05) is 11.6 Å². The number of nitrogens with zero attached hydrogens (tertiary/aromatic N) is 2. The first-order chi connectivity index (χ1) is 9.56. The van der Waals surface area contributed by atoms with Gasteiger partial charge in [0.05, 0.1) is 5.02 Å². The van der Waals surface area contributed by atoms with Crippen LogP contribution >= 0.6 is 11.6 Å². The first kappa shape index (κ1) is 15.4. The van der Waals surface area contributed by atoms with E-state index in [0.29, 0.717) is 29.1 Å². The molecule has 0 aliphatic carbocycles. The van der Waals surface area contributed by atoms with Gasteiger partial charge in [-0.25, -0.2) is 0 Å². The summed E-state index contributed by atoms with van der Waals surface area (Å²) in [5.41, 5.74) is 6.32. The highest BCUT2D eigenvalue weighted by molar-refractivity contribution is 6.32. The molecule has 0 spiro atoms. The van der Waals surface area contributed by atoms with E-state index in [9.17, 15) is 0 Å². The molecule has 0 radical (unpaired) electrons. The molecule has 1 aliphatic rings. The molecule has 20 heavy (non-hydrogen) atoms. The summed E-state index contributed by atoms with van der Waals surface area (Å²) in [7, 11) is 0. The number of ether oxygens (including phenoxy) is 1. The third-order valence-corrected chi connectivity index (χ3v) is 4.05. The van der Waals surface area contributed by atoms with Crippen molar-refractivity contribution in [3.05, 3.63) is 23.2 Å². The van der Waals surface area contributed by atoms with E-state index >= 15 is 0 Å². The molecule has 0 saturated carbocycles. The van der Waals surface area contributed by atoms with Crippen LogP contribution in [0.3, 0.4) is 0 Å². The van der Waals surface area contributed by atoms with Crippen LogP contribution in [-0.2, 0) is 0 Å². The summed E-state index contributed by atoms with van der Waals surface area (Å²) < 4.78 is 5.73. The minimum Gasteiger partial charge on any atom is -0.491 e. The second-order valence-electron chi connectivity index (χ2n) is 5.51. The lowest BCUT2D eigenvalue weighted by Gasteiger charge is -2.36. The van der Waals surface area contributed by atoms with E-state index < -0.39 is 0 Å². The van der Waals surface area contributed by atoms with Crippen LogP contribution in [0, 0.1) is 0 Å². The Kier molecular flexibility index (Phi) is 5.52. The number of piperazine rings is 1. The third-order valence-electron chi connectivity index (χ3n) is 3.76. The van der Waals surface area contributed by atoms with Crippen LogP contribution in [0.2, 0.25) is 5.02 Å². The van der Waals surface area contributed by atoms with Gasteiger partial charge in [-0.15, -0.1) is 0 Å². The van der Waals surface area contributed by atoms with Crippen molar-refractivity contribution in [1.29, 1.82) is 0 Å². The van der Waals surface area contributed by atoms with Gasteiger partial charge in [-0.3, -0.25) is 9.80 Å². The van der Waals surface area contributed by atoms with Crippen molar-refractivity contribution in [2.24, 2.45) is 0 Å². The highest BCUT2D eigenvalue weighted by atomic mass is 35.5. The molecule has 5 heteroatoms. The third kappa shape index (κ3) is 4.27. The van der Waals surface area contributed by atoms with Gasteiger partial charge in [0.2, 0.25) is 0 Å². The number of nitrogen functional groups attached to an aromatic ring is 1. The fourth-order valence-corrected chi connectivity index (χ4v) is 2.67. The Labute approximate surface area is 126 Å². The summed E-state index contributed by atoms with van der Waals surface area (Å²) in [5, 5.41) is 0.578. The molecular weight excluding hydrogens is 274 g/mol. The molecular formula is C15H24ClN3O. The number of hydrogen-bond donors (Lipinski definition) is 1. The molecule has 1 fully saturated rings. The Morgan fingerprint density at radius 2 is 1.95 bits per heavy atom. The molecule has 1 aromatic rings. The van der Waals surface area contributed by atoms with Crippen LogP contribution in [0.1, 0.15) is 13.8 Å². The van der Waals surface area contributed by atoms with Gasteiger partial charge in [-0.2, -0.15) is 0 Å². The maximum atomic E-state index is 6.08. The quantitative estimate of drug-likeness (QED) is 0.847. The molecule has 0 bridgehead atoms. The lowest BCUT2D eigenvalue weighted by molar-refractivity contribution is 0.0971. The standard InChI is InChI=1S/C15H24ClN3O/c1-12(2)19-7-5-18(6-8-19)9-10-20-15-4-3-13(17)11-14(15)16/h3-4,11-12H,5-10,17H2,1-2H3. The van der Waals surface area contributed by atoms with E-state index in [1.54, 1.807) is 6.07 Å². The monoisotopic (exact) mass is 297 g/mol. The normalized spacial score (nSPS) is 17.6. The number of nitrogens with two attached hydrogens (primary N) is 1. The summed E-state index contributed by atoms with van der Waals surface area (Å²) in [6, 6.07) is 6.00. The van der Waals surface area contributed by atoms with Crippen molar-refractivity contribution in [1.82, 2.24) is 9.80 Å². The van der Waals surface area contributed by atoms with Gasteiger partial charge in [0.15, 0.2) is 0 Å². The molecule has 112 valence electrons. The molecule has 0 atom stereocenters. The average Bonchev–Trinajstić information content (AvgIpc) is 2.42. The molecule has 0 amide bonds. The summed E-state index contributed by atoms with van der Waals surface area (Å²) in [6.45, 7) is 10.6. The predicted molar refractivity (Wildman–Crippen MR) is 84.5 cm³/mol. The Balaban J connectivity index is 1.71. The average molecular weight is 298 g/mol. The number of rotatable bonds is 5. The zero-order valence-corrected chi connectivity index (χ0v) is 13.1. The predicted octanol–water partition coefficient (Wildman–Crippen LogP) is 2.33. The Hall–Kier alpha value is -0.970. The second-order valence-corrected chi connectivity index (χ2v) is 5.92. The molecule has 1 heterocycles. The second kappa shape index (κ2) is 7.16. The largest absolute Gasteiger partial charge is 0.491 e. The van der Waals surface area contributed by atoms with Crippen molar-refractivity contribution in [2.45, 2.75) is 19.9 Å². The van der Waals surface area contributed by atoms with E-state index in [1.165, 1.54) is 0 Å². The Morgan fingerprint density at radius 3 is 2.55 bits per heavy atom. The summed E-state index contributed by atoms with van der Waals surface area (Å²) in [5.74, 6) is 0.710. The van der Waals surface area contributed by atoms with Crippen LogP contribution in [-0.4, -0.2) is 55.2 Å². The van der Waals surface area contributed by atoms with Crippen molar-refractivity contribution >= 4 is 17.3 Å². The summed E-state index contributed by atoms with van der Waals surface area (Å²) in [6.07, 6.45) is 0. The molecule has 0 aromatic heterocycles. The molecule has 0 unspecified atom stereocenters. The van der Waals surface area contributed by atoms with Gasteiger partial charge in [0.25, 0.3) is 0 Å². The SMILES string of the molecule is CC(C)N1CCN(CCOc2ccc(N)cc2Cl)CC1. The Bertz CT molecular complexity index is 431. The number of benzene rings is 1. The van der Waals surface area contributed by atoms with E-state index in [0.717, 1.165) is 32.7 Å². The van der Waals surface area contributed by atoms with Gasteiger partial charge in [0.1, 0.15) is 12.4 Å². The zero-order chi connectivity index (χ0) is 14.5. The lowest BCUT2D eigenvalue weighted by atomic mass is 10.2. The van der Waals surface area contributed by atoms with Gasteiger partial charge in [0, 0.05) is 44.5 Å². The van der Waals surface area contributed by atoms with Crippen molar-refractivity contribution in [3.63, 3.8) is 0 Å². The highest BCUT2D eigenvalue weighted by Gasteiger charge is 2.18. The number of hydrogen-bond acceptors (Lipinski definition) is 4. The van der Waals surface area contributed by atoms with E-state index in [2.05, 4.69) is 23.6 Å². The van der Waals surface area contributed by atoms with E-state index in [-0.39, 0.29) is 0 Å². The van der Waals surface area contributed by atoms with Crippen LogP contribution in [0.5, 0.6) is 5.75 Å². The van der Waals surface area contributed by atoms with Crippen LogP contribution < -0.4 is 10.5 Å². The van der Waals surface area contributed by atoms with Crippen LogP contribution in [0.15, 0.2) is 18.2 Å². The summed E-state index contributed by atoms with van der Waals surface area (Å²) >= 11 is 6.08.